The molecule has 0 aliphatic heterocycles. The zero-order valence-corrected chi connectivity index (χ0v) is 9.14. The van der Waals surface area contributed by atoms with Gasteiger partial charge in [0.1, 0.15) is 0 Å². The quantitative estimate of drug-likeness (QED) is 0.528. The fraction of sp³-hybridized carbons (Fsp3) is 0.545. The van der Waals surface area contributed by atoms with Crippen molar-refractivity contribution < 1.29 is 9.21 Å². The number of halogens is 1. The van der Waals surface area contributed by atoms with Crippen LogP contribution in [0.15, 0.2) is 16.7 Å². The van der Waals surface area contributed by atoms with Crippen LogP contribution in [0.1, 0.15) is 49.4 Å². The highest BCUT2D eigenvalue weighted by atomic mass is 35.5. The first-order valence-corrected chi connectivity index (χ1v) is 5.39. The van der Waals surface area contributed by atoms with Gasteiger partial charge in [0, 0.05) is 6.42 Å². The molecule has 0 aliphatic carbocycles. The van der Waals surface area contributed by atoms with Gasteiger partial charge in [0.25, 0.3) is 0 Å². The van der Waals surface area contributed by atoms with E-state index < -0.39 is 0 Å². The van der Waals surface area contributed by atoms with Crippen molar-refractivity contribution in [3.63, 3.8) is 0 Å². The second-order valence-electron chi connectivity index (χ2n) is 3.34. The minimum Gasteiger partial charge on any atom is -0.452 e. The van der Waals surface area contributed by atoms with E-state index in [0.717, 1.165) is 12.8 Å². The highest BCUT2D eigenvalue weighted by molar-refractivity contribution is 6.32. The summed E-state index contributed by atoms with van der Waals surface area (Å²) in [5.74, 6) is 0.0832. The van der Waals surface area contributed by atoms with Crippen LogP contribution in [0.3, 0.4) is 0 Å². The van der Waals surface area contributed by atoms with Gasteiger partial charge in [0.05, 0.1) is 11.8 Å². The van der Waals surface area contributed by atoms with E-state index in [9.17, 15) is 4.79 Å². The normalized spacial score (nSPS) is 10.4. The zero-order valence-electron chi connectivity index (χ0n) is 8.38. The number of ketones is 1. The fourth-order valence-electron chi connectivity index (χ4n) is 1.34. The second kappa shape index (κ2) is 5.86. The van der Waals surface area contributed by atoms with Crippen molar-refractivity contribution in [1.82, 2.24) is 0 Å². The van der Waals surface area contributed by atoms with E-state index in [0.29, 0.717) is 12.0 Å². The summed E-state index contributed by atoms with van der Waals surface area (Å²) in [5.41, 5.74) is 0.517. The molecule has 0 unspecified atom stereocenters. The summed E-state index contributed by atoms with van der Waals surface area (Å²) in [6, 6.07) is 1.63. The Hall–Kier alpha value is -0.760. The highest BCUT2D eigenvalue weighted by Gasteiger charge is 2.11. The molecule has 0 aromatic carbocycles. The maximum absolute atomic E-state index is 11.5. The van der Waals surface area contributed by atoms with E-state index in [1.165, 1.54) is 19.1 Å². The van der Waals surface area contributed by atoms with Gasteiger partial charge < -0.3 is 4.42 Å². The lowest BCUT2D eigenvalue weighted by Crippen LogP contribution is -1.97. The van der Waals surface area contributed by atoms with Gasteiger partial charge in [-0.25, -0.2) is 0 Å². The molecule has 0 fully saturated rings. The molecule has 2 nitrogen and oxygen atoms in total. The van der Waals surface area contributed by atoms with E-state index in [1.54, 1.807) is 6.07 Å². The molecule has 1 aromatic rings. The van der Waals surface area contributed by atoms with E-state index in [1.807, 2.05) is 0 Å². The summed E-state index contributed by atoms with van der Waals surface area (Å²) in [7, 11) is 0. The molecule has 0 amide bonds. The van der Waals surface area contributed by atoms with Crippen molar-refractivity contribution in [2.45, 2.75) is 39.0 Å². The van der Waals surface area contributed by atoms with Crippen molar-refractivity contribution in [2.75, 3.05) is 0 Å². The predicted molar refractivity (Wildman–Crippen MR) is 56.8 cm³/mol. The Kier molecular flexibility index (Phi) is 4.74. The number of Topliss-reactive ketones (excluding diaryl/α,β-unsaturated/α-hetero) is 1. The molecule has 1 aromatic heterocycles. The summed E-state index contributed by atoms with van der Waals surface area (Å²) >= 11 is 5.69. The van der Waals surface area contributed by atoms with Gasteiger partial charge in [-0.2, -0.15) is 0 Å². The Morgan fingerprint density at radius 1 is 1.43 bits per heavy atom. The molecule has 0 N–H and O–H groups in total. The van der Waals surface area contributed by atoms with Crippen molar-refractivity contribution in [2.24, 2.45) is 0 Å². The van der Waals surface area contributed by atoms with Crippen LogP contribution in [0.25, 0.3) is 0 Å². The summed E-state index contributed by atoms with van der Waals surface area (Å²) in [4.78, 5) is 11.5. The van der Waals surface area contributed by atoms with Crippen LogP contribution in [-0.4, -0.2) is 5.78 Å². The van der Waals surface area contributed by atoms with E-state index in [4.69, 9.17) is 16.0 Å². The van der Waals surface area contributed by atoms with Gasteiger partial charge in [0.2, 0.25) is 5.22 Å². The molecular formula is C11H15ClO2. The third-order valence-corrected chi connectivity index (χ3v) is 2.47. The number of furan rings is 1. The molecule has 1 heterocycles. The predicted octanol–water partition coefficient (Wildman–Crippen LogP) is 4.09. The molecule has 0 saturated carbocycles. The molecule has 14 heavy (non-hydrogen) atoms. The standard InChI is InChI=1S/C11H15ClO2/c1-2-3-4-5-6-10(13)9-7-8-14-11(9)12/h7-8H,2-6H2,1H3. The van der Waals surface area contributed by atoms with Crippen molar-refractivity contribution >= 4 is 17.4 Å². The van der Waals surface area contributed by atoms with Gasteiger partial charge in [-0.1, -0.05) is 26.2 Å². The van der Waals surface area contributed by atoms with Crippen LogP contribution in [0, 0.1) is 0 Å². The van der Waals surface area contributed by atoms with E-state index in [-0.39, 0.29) is 11.0 Å². The Labute approximate surface area is 89.2 Å². The molecule has 0 spiro atoms. The molecule has 0 saturated heterocycles. The first-order chi connectivity index (χ1) is 6.75. The number of hydrogen-bond acceptors (Lipinski definition) is 2. The smallest absolute Gasteiger partial charge is 0.203 e. The highest BCUT2D eigenvalue weighted by Crippen LogP contribution is 2.19. The number of hydrogen-bond donors (Lipinski definition) is 0. The van der Waals surface area contributed by atoms with Gasteiger partial charge in [0.15, 0.2) is 5.78 Å². The number of carbonyl (C=O) groups is 1. The number of unbranched alkanes of at least 4 members (excludes halogenated alkanes) is 3. The summed E-state index contributed by atoms with van der Waals surface area (Å²) in [5, 5.41) is 0.213. The lowest BCUT2D eigenvalue weighted by atomic mass is 10.1. The van der Waals surface area contributed by atoms with Crippen LogP contribution in [0.2, 0.25) is 5.22 Å². The van der Waals surface area contributed by atoms with Crippen LogP contribution in [0.4, 0.5) is 0 Å². The molecule has 78 valence electrons. The van der Waals surface area contributed by atoms with Crippen LogP contribution >= 0.6 is 11.6 Å². The molecule has 0 bridgehead atoms. The average Bonchev–Trinajstić information content (AvgIpc) is 2.59. The Balaban J connectivity index is 2.32. The largest absolute Gasteiger partial charge is 0.452 e. The Morgan fingerprint density at radius 3 is 2.79 bits per heavy atom. The van der Waals surface area contributed by atoms with Crippen molar-refractivity contribution in [1.29, 1.82) is 0 Å². The maximum atomic E-state index is 11.5. The summed E-state index contributed by atoms with van der Waals surface area (Å²) < 4.78 is 4.86. The Bertz CT molecular complexity index is 291. The zero-order chi connectivity index (χ0) is 10.4. The molecule has 0 aliphatic rings. The lowest BCUT2D eigenvalue weighted by molar-refractivity contribution is 0.0978. The third kappa shape index (κ3) is 3.18. The summed E-state index contributed by atoms with van der Waals surface area (Å²) in [6.45, 7) is 2.15. The first-order valence-electron chi connectivity index (χ1n) is 5.02. The average molecular weight is 215 g/mol. The molecule has 1 rings (SSSR count). The molecule has 3 heteroatoms. The van der Waals surface area contributed by atoms with Crippen molar-refractivity contribution in [3.05, 3.63) is 23.1 Å². The third-order valence-electron chi connectivity index (χ3n) is 2.18. The SMILES string of the molecule is CCCCCCC(=O)c1ccoc1Cl. The molecule has 0 radical (unpaired) electrons. The minimum atomic E-state index is 0.0832. The topological polar surface area (TPSA) is 30.2 Å². The Morgan fingerprint density at radius 2 is 2.21 bits per heavy atom. The van der Waals surface area contributed by atoms with E-state index >= 15 is 0 Å². The van der Waals surface area contributed by atoms with Gasteiger partial charge in [-0.3, -0.25) is 4.79 Å². The van der Waals surface area contributed by atoms with E-state index in [2.05, 4.69) is 6.92 Å². The van der Waals surface area contributed by atoms with Crippen LogP contribution in [0.5, 0.6) is 0 Å². The lowest BCUT2D eigenvalue weighted by Gasteiger charge is -1.98. The second-order valence-corrected chi connectivity index (χ2v) is 3.69. The monoisotopic (exact) mass is 214 g/mol. The number of carbonyl (C=O) groups excluding carboxylic acids is 1. The summed E-state index contributed by atoms with van der Waals surface area (Å²) in [6.07, 6.45) is 6.43. The van der Waals surface area contributed by atoms with Crippen molar-refractivity contribution in [3.8, 4) is 0 Å². The first kappa shape index (κ1) is 11.3. The van der Waals surface area contributed by atoms with Gasteiger partial charge in [-0.05, 0) is 24.1 Å². The van der Waals surface area contributed by atoms with Gasteiger partial charge in [-0.15, -0.1) is 0 Å². The van der Waals surface area contributed by atoms with Crippen LogP contribution < -0.4 is 0 Å². The van der Waals surface area contributed by atoms with Crippen LogP contribution in [-0.2, 0) is 0 Å². The minimum absolute atomic E-state index is 0.0832. The van der Waals surface area contributed by atoms with Gasteiger partial charge >= 0.3 is 0 Å². The molecule has 0 atom stereocenters. The maximum Gasteiger partial charge on any atom is 0.203 e. The fourth-order valence-corrected chi connectivity index (χ4v) is 1.56. The number of rotatable bonds is 6. The molecular weight excluding hydrogens is 200 g/mol.